The second kappa shape index (κ2) is 5.42. The third kappa shape index (κ3) is 2.92. The van der Waals surface area contributed by atoms with Gasteiger partial charge < -0.3 is 5.32 Å². The number of hydrogen-bond acceptors (Lipinski definition) is 3. The van der Waals surface area contributed by atoms with E-state index < -0.39 is 0 Å². The smallest absolute Gasteiger partial charge is 0.224 e. The number of rotatable bonds is 3. The molecule has 0 fully saturated rings. The van der Waals surface area contributed by atoms with Crippen molar-refractivity contribution in [3.05, 3.63) is 34.2 Å². The van der Waals surface area contributed by atoms with Crippen LogP contribution in [-0.2, 0) is 4.79 Å². The molecule has 0 unspecified atom stereocenters. The van der Waals surface area contributed by atoms with Gasteiger partial charge in [-0.15, -0.1) is 0 Å². The number of benzene rings is 1. The fourth-order valence-electron chi connectivity index (χ4n) is 1.39. The molecule has 1 aromatic heterocycles. The molecule has 1 aromatic carbocycles. The van der Waals surface area contributed by atoms with E-state index in [1.54, 1.807) is 0 Å². The van der Waals surface area contributed by atoms with E-state index in [1.807, 2.05) is 37.3 Å². The minimum absolute atomic E-state index is 0.00155. The van der Waals surface area contributed by atoms with Gasteiger partial charge in [-0.25, -0.2) is 4.98 Å². The summed E-state index contributed by atoms with van der Waals surface area (Å²) in [7, 11) is 0. The summed E-state index contributed by atoms with van der Waals surface area (Å²) < 4.78 is 0.766. The molecule has 0 radical (unpaired) electrons. The standard InChI is InChI=1S/C12H11BrN2OS/c1-2-9(16)14-11-10(15-12(13)17-11)8-6-4-3-5-7-8/h3-7H,2H2,1H3,(H,14,16). The van der Waals surface area contributed by atoms with Gasteiger partial charge in [-0.2, -0.15) is 0 Å². The largest absolute Gasteiger partial charge is 0.316 e. The summed E-state index contributed by atoms with van der Waals surface area (Å²) in [6.45, 7) is 1.83. The number of carbonyl (C=O) groups excluding carboxylic acids is 1. The summed E-state index contributed by atoms with van der Waals surface area (Å²) in [4.78, 5) is 15.8. The van der Waals surface area contributed by atoms with Crippen molar-refractivity contribution in [1.29, 1.82) is 0 Å². The Morgan fingerprint density at radius 2 is 2.12 bits per heavy atom. The molecule has 0 spiro atoms. The number of nitrogens with one attached hydrogen (secondary N) is 1. The zero-order valence-electron chi connectivity index (χ0n) is 9.24. The Labute approximate surface area is 112 Å². The van der Waals surface area contributed by atoms with Crippen LogP contribution < -0.4 is 5.32 Å². The van der Waals surface area contributed by atoms with Gasteiger partial charge >= 0.3 is 0 Å². The van der Waals surface area contributed by atoms with Gasteiger partial charge in [-0.1, -0.05) is 48.6 Å². The fourth-order valence-corrected chi connectivity index (χ4v) is 2.78. The molecule has 0 bridgehead atoms. The van der Waals surface area contributed by atoms with Crippen molar-refractivity contribution < 1.29 is 4.79 Å². The van der Waals surface area contributed by atoms with Crippen molar-refractivity contribution in [2.24, 2.45) is 0 Å². The molecule has 0 atom stereocenters. The molecule has 0 aliphatic heterocycles. The molecule has 0 saturated heterocycles. The van der Waals surface area contributed by atoms with Gasteiger partial charge in [0.1, 0.15) is 10.7 Å². The van der Waals surface area contributed by atoms with Crippen LogP contribution in [0.25, 0.3) is 11.3 Å². The van der Waals surface area contributed by atoms with Crippen molar-refractivity contribution in [1.82, 2.24) is 4.98 Å². The lowest BCUT2D eigenvalue weighted by molar-refractivity contribution is -0.115. The van der Waals surface area contributed by atoms with E-state index >= 15 is 0 Å². The van der Waals surface area contributed by atoms with Gasteiger partial charge in [0, 0.05) is 12.0 Å². The maximum Gasteiger partial charge on any atom is 0.224 e. The van der Waals surface area contributed by atoms with Gasteiger partial charge in [0.05, 0.1) is 0 Å². The van der Waals surface area contributed by atoms with E-state index in [2.05, 4.69) is 26.2 Å². The molecule has 1 N–H and O–H groups in total. The van der Waals surface area contributed by atoms with Gasteiger partial charge in [0.15, 0.2) is 3.92 Å². The Morgan fingerprint density at radius 3 is 2.76 bits per heavy atom. The summed E-state index contributed by atoms with van der Waals surface area (Å²) in [6, 6.07) is 9.81. The Bertz CT molecular complexity index is 525. The molecule has 2 aromatic rings. The van der Waals surface area contributed by atoms with Gasteiger partial charge in [-0.3, -0.25) is 4.79 Å². The summed E-state index contributed by atoms with van der Waals surface area (Å²) in [5, 5.41) is 3.65. The molecule has 88 valence electrons. The van der Waals surface area contributed by atoms with E-state index in [9.17, 15) is 4.79 Å². The number of amides is 1. The first-order valence-electron chi connectivity index (χ1n) is 5.22. The topological polar surface area (TPSA) is 42.0 Å². The number of thiazole rings is 1. The lowest BCUT2D eigenvalue weighted by atomic mass is 10.2. The average Bonchev–Trinajstić information content (AvgIpc) is 2.71. The zero-order valence-corrected chi connectivity index (χ0v) is 11.6. The van der Waals surface area contributed by atoms with Crippen LogP contribution in [0, 0.1) is 0 Å². The number of hydrogen-bond donors (Lipinski definition) is 1. The van der Waals surface area contributed by atoms with Crippen molar-refractivity contribution in [2.75, 3.05) is 5.32 Å². The monoisotopic (exact) mass is 310 g/mol. The lowest BCUT2D eigenvalue weighted by Crippen LogP contribution is -2.08. The first-order chi connectivity index (χ1) is 8.20. The Morgan fingerprint density at radius 1 is 1.41 bits per heavy atom. The molecular weight excluding hydrogens is 300 g/mol. The Kier molecular flexibility index (Phi) is 3.91. The molecule has 0 aliphatic rings. The van der Waals surface area contributed by atoms with E-state index in [1.165, 1.54) is 11.3 Å². The predicted molar refractivity (Wildman–Crippen MR) is 74.2 cm³/mol. The first kappa shape index (κ1) is 12.3. The highest BCUT2D eigenvalue weighted by molar-refractivity contribution is 9.11. The minimum atomic E-state index is -0.00155. The van der Waals surface area contributed by atoms with Gasteiger partial charge in [0.25, 0.3) is 0 Å². The van der Waals surface area contributed by atoms with Crippen LogP contribution in [0.4, 0.5) is 5.00 Å². The number of aromatic nitrogens is 1. The van der Waals surface area contributed by atoms with Crippen molar-refractivity contribution >= 4 is 38.2 Å². The van der Waals surface area contributed by atoms with E-state index in [-0.39, 0.29) is 5.91 Å². The summed E-state index contributed by atoms with van der Waals surface area (Å²) in [5.74, 6) is -0.00155. The van der Waals surface area contributed by atoms with E-state index in [0.717, 1.165) is 20.2 Å². The number of anilines is 1. The second-order valence-electron chi connectivity index (χ2n) is 3.41. The Hall–Kier alpha value is -1.20. The summed E-state index contributed by atoms with van der Waals surface area (Å²) >= 11 is 4.77. The van der Waals surface area contributed by atoms with Crippen LogP contribution in [-0.4, -0.2) is 10.9 Å². The molecule has 2 rings (SSSR count). The van der Waals surface area contributed by atoms with Crippen molar-refractivity contribution in [3.8, 4) is 11.3 Å². The van der Waals surface area contributed by atoms with E-state index in [4.69, 9.17) is 0 Å². The fraction of sp³-hybridized carbons (Fsp3) is 0.167. The molecule has 1 amide bonds. The highest BCUT2D eigenvalue weighted by atomic mass is 79.9. The minimum Gasteiger partial charge on any atom is -0.316 e. The molecular formula is C12H11BrN2OS. The summed E-state index contributed by atoms with van der Waals surface area (Å²) in [6.07, 6.45) is 0.462. The van der Waals surface area contributed by atoms with Crippen LogP contribution in [0.5, 0.6) is 0 Å². The third-order valence-corrected chi connectivity index (χ3v) is 3.64. The van der Waals surface area contributed by atoms with Gasteiger partial charge in [-0.05, 0) is 15.9 Å². The number of nitrogens with zero attached hydrogens (tertiary/aromatic N) is 1. The van der Waals surface area contributed by atoms with Crippen molar-refractivity contribution in [2.45, 2.75) is 13.3 Å². The quantitative estimate of drug-likeness (QED) is 0.933. The van der Waals surface area contributed by atoms with Crippen LogP contribution in [0.2, 0.25) is 0 Å². The van der Waals surface area contributed by atoms with Crippen LogP contribution in [0.15, 0.2) is 34.2 Å². The number of halogens is 1. The predicted octanol–water partition coefficient (Wildman–Crippen LogP) is 3.92. The maximum atomic E-state index is 11.4. The van der Waals surface area contributed by atoms with Gasteiger partial charge in [0.2, 0.25) is 5.91 Å². The van der Waals surface area contributed by atoms with E-state index in [0.29, 0.717) is 6.42 Å². The molecule has 1 heterocycles. The average molecular weight is 311 g/mol. The van der Waals surface area contributed by atoms with Crippen molar-refractivity contribution in [3.63, 3.8) is 0 Å². The highest BCUT2D eigenvalue weighted by Gasteiger charge is 2.13. The molecule has 0 saturated carbocycles. The molecule has 17 heavy (non-hydrogen) atoms. The molecule has 3 nitrogen and oxygen atoms in total. The van der Waals surface area contributed by atoms with Crippen LogP contribution in [0.3, 0.4) is 0 Å². The van der Waals surface area contributed by atoms with Crippen LogP contribution in [0.1, 0.15) is 13.3 Å². The summed E-state index contributed by atoms with van der Waals surface area (Å²) in [5.41, 5.74) is 1.81. The van der Waals surface area contributed by atoms with Crippen LogP contribution >= 0.6 is 27.3 Å². The zero-order chi connectivity index (χ0) is 12.3. The second-order valence-corrected chi connectivity index (χ2v) is 5.69. The maximum absolute atomic E-state index is 11.4. The first-order valence-corrected chi connectivity index (χ1v) is 6.83. The normalized spacial score (nSPS) is 10.2. The third-order valence-electron chi connectivity index (χ3n) is 2.22. The Balaban J connectivity index is 2.37. The number of carbonyl (C=O) groups is 1. The SMILES string of the molecule is CCC(=O)Nc1sc(Br)nc1-c1ccccc1. The highest BCUT2D eigenvalue weighted by Crippen LogP contribution is 2.35. The molecule has 5 heteroatoms. The lowest BCUT2D eigenvalue weighted by Gasteiger charge is -2.03. The molecule has 0 aliphatic carbocycles.